The zero-order valence-corrected chi connectivity index (χ0v) is 13.4. The number of nitrogens with two attached hydrogens (primary N) is 1. The van der Waals surface area contributed by atoms with Crippen LogP contribution < -0.4 is 21.1 Å². The lowest BCUT2D eigenvalue weighted by Gasteiger charge is -2.22. The number of ether oxygens (including phenoxy) is 1. The van der Waals surface area contributed by atoms with Crippen LogP contribution in [0, 0.1) is 12.8 Å². The van der Waals surface area contributed by atoms with Gasteiger partial charge in [-0.25, -0.2) is 4.79 Å². The minimum atomic E-state index is -0.698. The van der Waals surface area contributed by atoms with Gasteiger partial charge in [0, 0.05) is 0 Å². The molecule has 0 saturated heterocycles. The number of carbonyl (C=O) groups is 2. The van der Waals surface area contributed by atoms with E-state index in [9.17, 15) is 9.59 Å². The molecule has 0 saturated carbocycles. The number of hydrogen-bond acceptors (Lipinski definition) is 3. The minimum absolute atomic E-state index is 0.00481. The van der Waals surface area contributed by atoms with E-state index in [4.69, 9.17) is 10.5 Å². The topological polar surface area (TPSA) is 93.5 Å². The van der Waals surface area contributed by atoms with E-state index in [1.165, 1.54) is 0 Å². The highest BCUT2D eigenvalue weighted by atomic mass is 16.5. The maximum atomic E-state index is 12.1. The normalized spacial score (nSPS) is 13.0. The number of benzene rings is 1. The van der Waals surface area contributed by atoms with Crippen LogP contribution in [0.4, 0.5) is 4.79 Å². The van der Waals surface area contributed by atoms with Gasteiger partial charge in [-0.15, -0.1) is 0 Å². The van der Waals surface area contributed by atoms with E-state index in [-0.39, 0.29) is 11.8 Å². The molecule has 22 heavy (non-hydrogen) atoms. The summed E-state index contributed by atoms with van der Waals surface area (Å²) >= 11 is 0. The molecule has 6 heteroatoms. The Kier molecular flexibility index (Phi) is 7.22. The molecule has 4 N–H and O–H groups in total. The van der Waals surface area contributed by atoms with Gasteiger partial charge >= 0.3 is 6.03 Å². The van der Waals surface area contributed by atoms with Crippen molar-refractivity contribution in [3.8, 4) is 5.75 Å². The van der Waals surface area contributed by atoms with Crippen LogP contribution in [0.5, 0.6) is 5.75 Å². The molecule has 0 radical (unpaired) electrons. The second-order valence-corrected chi connectivity index (χ2v) is 5.33. The number of urea groups is 1. The number of rotatable bonds is 8. The molecule has 6 nitrogen and oxygen atoms in total. The zero-order chi connectivity index (χ0) is 16.5. The number of hydrogen-bond donors (Lipinski definition) is 3. The highest BCUT2D eigenvalue weighted by Gasteiger charge is 2.24. The second kappa shape index (κ2) is 8.92. The van der Waals surface area contributed by atoms with Crippen molar-refractivity contribution in [2.75, 3.05) is 13.2 Å². The Balaban J connectivity index is 2.41. The lowest BCUT2D eigenvalue weighted by Crippen LogP contribution is -2.52. The van der Waals surface area contributed by atoms with Crippen molar-refractivity contribution in [1.82, 2.24) is 10.6 Å². The first kappa shape index (κ1) is 17.8. The van der Waals surface area contributed by atoms with Crippen LogP contribution in [-0.4, -0.2) is 31.1 Å². The van der Waals surface area contributed by atoms with E-state index in [2.05, 4.69) is 10.6 Å². The van der Waals surface area contributed by atoms with E-state index in [1.54, 1.807) is 0 Å². The van der Waals surface area contributed by atoms with Crippen molar-refractivity contribution in [1.29, 1.82) is 0 Å². The molecule has 0 aliphatic heterocycles. The van der Waals surface area contributed by atoms with E-state index >= 15 is 0 Å². The molecule has 1 aromatic rings. The molecule has 0 bridgehead atoms. The molecule has 0 aromatic heterocycles. The summed E-state index contributed by atoms with van der Waals surface area (Å²) in [5.74, 6) is 0.522. The van der Waals surface area contributed by atoms with E-state index in [0.717, 1.165) is 17.7 Å². The van der Waals surface area contributed by atoms with Crippen molar-refractivity contribution in [2.45, 2.75) is 33.2 Å². The maximum Gasteiger partial charge on any atom is 0.312 e. The van der Waals surface area contributed by atoms with Crippen LogP contribution in [-0.2, 0) is 4.79 Å². The average Bonchev–Trinajstić information content (AvgIpc) is 2.48. The summed E-state index contributed by atoms with van der Waals surface area (Å²) in [4.78, 5) is 23.1. The van der Waals surface area contributed by atoms with Crippen LogP contribution in [0.1, 0.15) is 25.8 Å². The molecule has 1 aromatic carbocycles. The van der Waals surface area contributed by atoms with E-state index < -0.39 is 12.1 Å². The molecule has 2 atom stereocenters. The summed E-state index contributed by atoms with van der Waals surface area (Å²) in [6.45, 7) is 6.55. The Morgan fingerprint density at radius 3 is 2.68 bits per heavy atom. The smallest absolute Gasteiger partial charge is 0.312 e. The fraction of sp³-hybridized carbons (Fsp3) is 0.500. The summed E-state index contributed by atoms with van der Waals surface area (Å²) < 4.78 is 5.56. The summed E-state index contributed by atoms with van der Waals surface area (Å²) in [6.07, 6.45) is 0.762. The first-order valence-electron chi connectivity index (χ1n) is 7.47. The predicted molar refractivity (Wildman–Crippen MR) is 85.6 cm³/mol. The second-order valence-electron chi connectivity index (χ2n) is 5.33. The number of amides is 3. The Morgan fingerprint density at radius 2 is 2.09 bits per heavy atom. The van der Waals surface area contributed by atoms with Crippen LogP contribution in [0.25, 0.3) is 0 Å². The summed E-state index contributed by atoms with van der Waals surface area (Å²) in [5.41, 5.74) is 6.23. The minimum Gasteiger partial charge on any atom is -0.492 e. The molecule has 0 heterocycles. The van der Waals surface area contributed by atoms with Gasteiger partial charge in [0.15, 0.2) is 0 Å². The molecule has 3 amide bonds. The Bertz CT molecular complexity index is 505. The molecule has 0 fully saturated rings. The molecular weight excluding hydrogens is 282 g/mol. The summed E-state index contributed by atoms with van der Waals surface area (Å²) in [6, 6.07) is 6.38. The van der Waals surface area contributed by atoms with Crippen LogP contribution >= 0.6 is 0 Å². The first-order chi connectivity index (χ1) is 10.4. The number of nitrogens with one attached hydrogen (secondary N) is 2. The highest BCUT2D eigenvalue weighted by molar-refractivity contribution is 5.86. The lowest BCUT2D eigenvalue weighted by atomic mass is 9.98. The predicted octanol–water partition coefficient (Wildman–Crippen LogP) is 1.57. The van der Waals surface area contributed by atoms with Gasteiger partial charge in [0.25, 0.3) is 0 Å². The zero-order valence-electron chi connectivity index (χ0n) is 13.4. The molecule has 122 valence electrons. The largest absolute Gasteiger partial charge is 0.492 e. The van der Waals surface area contributed by atoms with Gasteiger partial charge < -0.3 is 21.1 Å². The maximum absolute atomic E-state index is 12.1. The number of aryl methyl sites for hydroxylation is 1. The van der Waals surface area contributed by atoms with Gasteiger partial charge in [-0.2, -0.15) is 0 Å². The Labute approximate surface area is 131 Å². The molecule has 0 unspecified atom stereocenters. The van der Waals surface area contributed by atoms with E-state index in [0.29, 0.717) is 13.2 Å². The van der Waals surface area contributed by atoms with Crippen molar-refractivity contribution in [3.63, 3.8) is 0 Å². The third-order valence-corrected chi connectivity index (χ3v) is 3.45. The van der Waals surface area contributed by atoms with Gasteiger partial charge in [-0.3, -0.25) is 4.79 Å². The summed E-state index contributed by atoms with van der Waals surface area (Å²) in [7, 11) is 0. The molecule has 1 rings (SSSR count). The monoisotopic (exact) mass is 307 g/mol. The van der Waals surface area contributed by atoms with E-state index in [1.807, 2.05) is 45.0 Å². The SMILES string of the molecule is CC[C@H](C)[C@H](NC(N)=O)C(=O)NCCOc1cccc(C)c1. The van der Waals surface area contributed by atoms with Crippen molar-refractivity contribution in [3.05, 3.63) is 29.8 Å². The molecule has 0 aliphatic rings. The van der Waals surface area contributed by atoms with Crippen LogP contribution in [0.15, 0.2) is 24.3 Å². The van der Waals surface area contributed by atoms with Gasteiger partial charge in [0.1, 0.15) is 18.4 Å². The Morgan fingerprint density at radius 1 is 1.36 bits per heavy atom. The number of primary amides is 1. The standard InChI is InChI=1S/C16H25N3O3/c1-4-12(3)14(19-16(17)21)15(20)18-8-9-22-13-7-5-6-11(2)10-13/h5-7,10,12,14H,4,8-9H2,1-3H3,(H,18,20)(H3,17,19,21)/t12-,14-/m0/s1. The lowest BCUT2D eigenvalue weighted by molar-refractivity contribution is -0.124. The highest BCUT2D eigenvalue weighted by Crippen LogP contribution is 2.12. The van der Waals surface area contributed by atoms with Crippen molar-refractivity contribution >= 4 is 11.9 Å². The first-order valence-corrected chi connectivity index (χ1v) is 7.47. The number of carbonyl (C=O) groups excluding carboxylic acids is 2. The fourth-order valence-corrected chi connectivity index (χ4v) is 2.01. The van der Waals surface area contributed by atoms with Gasteiger partial charge in [-0.1, -0.05) is 32.4 Å². The van der Waals surface area contributed by atoms with Crippen molar-refractivity contribution in [2.24, 2.45) is 11.7 Å². The quantitative estimate of drug-likeness (QED) is 0.636. The van der Waals surface area contributed by atoms with Gasteiger partial charge in [-0.05, 0) is 30.5 Å². The van der Waals surface area contributed by atoms with Crippen LogP contribution in [0.3, 0.4) is 0 Å². The van der Waals surface area contributed by atoms with Crippen molar-refractivity contribution < 1.29 is 14.3 Å². The molecule has 0 spiro atoms. The molecular formula is C16H25N3O3. The van der Waals surface area contributed by atoms with Gasteiger partial charge in [0.05, 0.1) is 6.54 Å². The Hall–Kier alpha value is -2.24. The average molecular weight is 307 g/mol. The third kappa shape index (κ3) is 6.03. The molecule has 0 aliphatic carbocycles. The summed E-state index contributed by atoms with van der Waals surface area (Å²) in [5, 5.41) is 5.24. The van der Waals surface area contributed by atoms with Gasteiger partial charge in [0.2, 0.25) is 5.91 Å². The van der Waals surface area contributed by atoms with Crippen LogP contribution in [0.2, 0.25) is 0 Å². The fourth-order valence-electron chi connectivity index (χ4n) is 2.01. The third-order valence-electron chi connectivity index (χ3n) is 3.45.